The van der Waals surface area contributed by atoms with E-state index in [0.29, 0.717) is 11.6 Å². The molecule has 0 spiro atoms. The third-order valence-electron chi connectivity index (χ3n) is 3.35. The Morgan fingerprint density at radius 2 is 2.00 bits per heavy atom. The number of nitrogens with zero attached hydrogens (tertiary/aromatic N) is 3. The van der Waals surface area contributed by atoms with Crippen LogP contribution in [0.1, 0.15) is 11.5 Å². The molecule has 20 heavy (non-hydrogen) atoms. The third-order valence-corrected chi connectivity index (χ3v) is 3.35. The van der Waals surface area contributed by atoms with Gasteiger partial charge >= 0.3 is 0 Å². The monoisotopic (exact) mass is 268 g/mol. The molecule has 0 aliphatic heterocycles. The van der Waals surface area contributed by atoms with Gasteiger partial charge in [0.05, 0.1) is 11.9 Å². The second-order valence-electron chi connectivity index (χ2n) is 4.84. The summed E-state index contributed by atoms with van der Waals surface area (Å²) in [5, 5.41) is 0. The first-order valence-electron chi connectivity index (χ1n) is 6.37. The second kappa shape index (κ2) is 4.52. The Morgan fingerprint density at radius 1 is 1.20 bits per heavy atom. The maximum Gasteiger partial charge on any atom is 0.192 e. The van der Waals surface area contributed by atoms with Gasteiger partial charge in [0.1, 0.15) is 11.3 Å². The van der Waals surface area contributed by atoms with Gasteiger partial charge < -0.3 is 15.1 Å². The molecule has 5 heteroatoms. The van der Waals surface area contributed by atoms with Crippen LogP contribution in [-0.4, -0.2) is 17.0 Å². The van der Waals surface area contributed by atoms with Crippen molar-refractivity contribution < 1.29 is 4.42 Å². The molecule has 2 N–H and O–H groups in total. The molecule has 0 unspecified atom stereocenters. The summed E-state index contributed by atoms with van der Waals surface area (Å²) in [6, 6.07) is 7.87. The van der Waals surface area contributed by atoms with Crippen molar-refractivity contribution in [2.24, 2.45) is 0 Å². The van der Waals surface area contributed by atoms with Gasteiger partial charge in [0.2, 0.25) is 0 Å². The molecule has 0 bridgehead atoms. The number of oxazole rings is 1. The van der Waals surface area contributed by atoms with E-state index in [1.807, 2.05) is 50.1 Å². The number of hydrogen-bond acceptors (Lipinski definition) is 5. The SMILES string of the molecule is Cc1nc2ccc(N(C)c3cc(C)c(N)cn3)cc2o1. The molecule has 0 saturated heterocycles. The first-order valence-corrected chi connectivity index (χ1v) is 6.37. The largest absolute Gasteiger partial charge is 0.441 e. The molecule has 0 aliphatic carbocycles. The van der Waals surface area contributed by atoms with Gasteiger partial charge in [0, 0.05) is 25.7 Å². The highest BCUT2D eigenvalue weighted by atomic mass is 16.3. The van der Waals surface area contributed by atoms with Crippen LogP contribution >= 0.6 is 0 Å². The molecular weight excluding hydrogens is 252 g/mol. The Bertz CT molecular complexity index is 779. The molecule has 0 fully saturated rings. The molecule has 0 saturated carbocycles. The van der Waals surface area contributed by atoms with Gasteiger partial charge in [-0.1, -0.05) is 0 Å². The smallest absolute Gasteiger partial charge is 0.192 e. The number of aromatic nitrogens is 2. The number of fused-ring (bicyclic) bond motifs is 1. The Morgan fingerprint density at radius 3 is 2.75 bits per heavy atom. The van der Waals surface area contributed by atoms with Crippen molar-refractivity contribution in [3.8, 4) is 0 Å². The maximum absolute atomic E-state index is 5.80. The summed E-state index contributed by atoms with van der Waals surface area (Å²) < 4.78 is 5.56. The number of hydrogen-bond donors (Lipinski definition) is 1. The molecule has 5 nitrogen and oxygen atoms in total. The van der Waals surface area contributed by atoms with Crippen molar-refractivity contribution in [3.05, 3.63) is 41.9 Å². The summed E-state index contributed by atoms with van der Waals surface area (Å²) in [5.41, 5.74) is 10.1. The minimum Gasteiger partial charge on any atom is -0.441 e. The molecule has 0 aliphatic rings. The fourth-order valence-corrected chi connectivity index (χ4v) is 2.10. The zero-order chi connectivity index (χ0) is 14.3. The number of rotatable bonds is 2. The second-order valence-corrected chi connectivity index (χ2v) is 4.84. The molecule has 2 heterocycles. The van der Waals surface area contributed by atoms with Gasteiger partial charge in [-0.2, -0.15) is 0 Å². The van der Waals surface area contributed by atoms with E-state index >= 15 is 0 Å². The van der Waals surface area contributed by atoms with Crippen LogP contribution in [0.25, 0.3) is 11.1 Å². The van der Waals surface area contributed by atoms with E-state index in [2.05, 4.69) is 9.97 Å². The van der Waals surface area contributed by atoms with Crippen molar-refractivity contribution in [3.63, 3.8) is 0 Å². The van der Waals surface area contributed by atoms with E-state index in [1.165, 1.54) is 0 Å². The summed E-state index contributed by atoms with van der Waals surface area (Å²) >= 11 is 0. The Kier molecular flexibility index (Phi) is 2.82. The van der Waals surface area contributed by atoms with Gasteiger partial charge in [-0.3, -0.25) is 0 Å². The number of nitrogens with two attached hydrogens (primary N) is 1. The lowest BCUT2D eigenvalue weighted by atomic mass is 10.2. The Labute approximate surface area is 117 Å². The number of benzene rings is 1. The highest BCUT2D eigenvalue weighted by molar-refractivity contribution is 5.79. The van der Waals surface area contributed by atoms with Crippen molar-refractivity contribution in [1.29, 1.82) is 0 Å². The zero-order valence-corrected chi connectivity index (χ0v) is 11.7. The van der Waals surface area contributed by atoms with Crippen LogP contribution in [0, 0.1) is 13.8 Å². The number of anilines is 3. The predicted molar refractivity (Wildman–Crippen MR) is 80.2 cm³/mol. The van der Waals surface area contributed by atoms with E-state index in [0.717, 1.165) is 28.2 Å². The molecule has 0 atom stereocenters. The molecular formula is C15H16N4O. The number of aryl methyl sites for hydroxylation is 2. The van der Waals surface area contributed by atoms with Crippen LogP contribution in [0.4, 0.5) is 17.2 Å². The van der Waals surface area contributed by atoms with Crippen molar-refractivity contribution in [2.75, 3.05) is 17.7 Å². The maximum atomic E-state index is 5.80. The molecule has 0 amide bonds. The minimum atomic E-state index is 0.668. The van der Waals surface area contributed by atoms with Crippen LogP contribution in [0.3, 0.4) is 0 Å². The van der Waals surface area contributed by atoms with Gasteiger partial charge in [0.15, 0.2) is 11.5 Å². The van der Waals surface area contributed by atoms with E-state index in [1.54, 1.807) is 6.20 Å². The van der Waals surface area contributed by atoms with Crippen LogP contribution < -0.4 is 10.6 Å². The summed E-state index contributed by atoms with van der Waals surface area (Å²) in [4.78, 5) is 10.6. The van der Waals surface area contributed by atoms with Crippen molar-refractivity contribution in [2.45, 2.75) is 13.8 Å². The lowest BCUT2D eigenvalue weighted by molar-refractivity contribution is 0.561. The quantitative estimate of drug-likeness (QED) is 0.773. The lowest BCUT2D eigenvalue weighted by Gasteiger charge is -2.18. The highest BCUT2D eigenvalue weighted by Gasteiger charge is 2.09. The van der Waals surface area contributed by atoms with E-state index in [4.69, 9.17) is 10.2 Å². The normalized spacial score (nSPS) is 10.9. The predicted octanol–water partition coefficient (Wildman–Crippen LogP) is 3.19. The lowest BCUT2D eigenvalue weighted by Crippen LogP contribution is -2.11. The van der Waals surface area contributed by atoms with E-state index in [9.17, 15) is 0 Å². The third kappa shape index (κ3) is 2.07. The Hall–Kier alpha value is -2.56. The van der Waals surface area contributed by atoms with Gasteiger partial charge in [0.25, 0.3) is 0 Å². The van der Waals surface area contributed by atoms with Crippen LogP contribution in [-0.2, 0) is 0 Å². The van der Waals surface area contributed by atoms with Crippen LogP contribution in [0.15, 0.2) is 34.9 Å². The summed E-state index contributed by atoms with van der Waals surface area (Å²) in [5.74, 6) is 1.51. The zero-order valence-electron chi connectivity index (χ0n) is 11.7. The topological polar surface area (TPSA) is 68.2 Å². The molecule has 3 rings (SSSR count). The van der Waals surface area contributed by atoms with Gasteiger partial charge in [-0.15, -0.1) is 0 Å². The van der Waals surface area contributed by atoms with Gasteiger partial charge in [-0.05, 0) is 30.7 Å². The average Bonchev–Trinajstić information content (AvgIpc) is 2.80. The first kappa shape index (κ1) is 12.5. The van der Waals surface area contributed by atoms with E-state index in [-0.39, 0.29) is 0 Å². The van der Waals surface area contributed by atoms with Crippen LogP contribution in [0.2, 0.25) is 0 Å². The van der Waals surface area contributed by atoms with Crippen molar-refractivity contribution >= 4 is 28.3 Å². The number of nitrogen functional groups attached to an aromatic ring is 1. The molecule has 102 valence electrons. The highest BCUT2D eigenvalue weighted by Crippen LogP contribution is 2.27. The number of pyridine rings is 1. The molecule has 3 aromatic rings. The fraction of sp³-hybridized carbons (Fsp3) is 0.200. The van der Waals surface area contributed by atoms with Crippen molar-refractivity contribution in [1.82, 2.24) is 9.97 Å². The fourth-order valence-electron chi connectivity index (χ4n) is 2.10. The minimum absolute atomic E-state index is 0.668. The first-order chi connectivity index (χ1) is 9.54. The Balaban J connectivity index is 2.02. The summed E-state index contributed by atoms with van der Waals surface area (Å²) in [7, 11) is 1.96. The van der Waals surface area contributed by atoms with E-state index < -0.39 is 0 Å². The van der Waals surface area contributed by atoms with Crippen LogP contribution in [0.5, 0.6) is 0 Å². The average molecular weight is 268 g/mol. The molecule has 0 radical (unpaired) electrons. The summed E-state index contributed by atoms with van der Waals surface area (Å²) in [6.45, 7) is 3.81. The molecule has 1 aromatic carbocycles. The standard InChI is InChI=1S/C15H16N4O/c1-9-6-15(17-8-12(9)16)19(3)11-4-5-13-14(7-11)20-10(2)18-13/h4-8H,16H2,1-3H3. The van der Waals surface area contributed by atoms with Gasteiger partial charge in [-0.25, -0.2) is 9.97 Å². The molecule has 2 aromatic heterocycles. The summed E-state index contributed by atoms with van der Waals surface area (Å²) in [6.07, 6.45) is 1.68.